The minimum absolute atomic E-state index is 0.324. The Morgan fingerprint density at radius 3 is 2.83 bits per heavy atom. The molecule has 0 amide bonds. The van der Waals surface area contributed by atoms with Crippen LogP contribution in [-0.4, -0.2) is 33.7 Å². The van der Waals surface area contributed by atoms with Gasteiger partial charge in [-0.05, 0) is 45.0 Å². The SMILES string of the molecule is CCC(c1cccc(OC)c1)N(C)Cc1c(C)nc2sc(C)nn12. The Kier molecular flexibility index (Phi) is 4.87. The molecule has 2 aromatic heterocycles. The lowest BCUT2D eigenvalue weighted by Crippen LogP contribution is -2.25. The molecule has 0 aliphatic rings. The smallest absolute Gasteiger partial charge is 0.212 e. The van der Waals surface area contributed by atoms with Crippen LogP contribution in [0.25, 0.3) is 4.96 Å². The molecule has 3 rings (SSSR count). The maximum Gasteiger partial charge on any atom is 0.212 e. The normalized spacial score (nSPS) is 12.9. The van der Waals surface area contributed by atoms with Crippen molar-refractivity contribution in [3.8, 4) is 5.75 Å². The van der Waals surface area contributed by atoms with Crippen LogP contribution in [0.4, 0.5) is 0 Å². The zero-order valence-electron chi connectivity index (χ0n) is 14.9. The number of fused-ring (bicyclic) bond motifs is 1. The lowest BCUT2D eigenvalue weighted by atomic mass is 10.0. The van der Waals surface area contributed by atoms with Crippen LogP contribution in [0.2, 0.25) is 0 Å². The summed E-state index contributed by atoms with van der Waals surface area (Å²) in [6.45, 7) is 7.11. The fourth-order valence-electron chi connectivity index (χ4n) is 3.17. The van der Waals surface area contributed by atoms with Crippen molar-refractivity contribution in [1.82, 2.24) is 19.5 Å². The van der Waals surface area contributed by atoms with Crippen molar-refractivity contribution in [3.05, 3.63) is 46.2 Å². The van der Waals surface area contributed by atoms with Gasteiger partial charge in [-0.3, -0.25) is 4.90 Å². The Morgan fingerprint density at radius 2 is 2.12 bits per heavy atom. The lowest BCUT2D eigenvalue weighted by Gasteiger charge is -2.27. The van der Waals surface area contributed by atoms with Gasteiger partial charge in [-0.1, -0.05) is 30.4 Å². The number of benzene rings is 1. The van der Waals surface area contributed by atoms with Crippen molar-refractivity contribution in [1.29, 1.82) is 0 Å². The third-order valence-corrected chi connectivity index (χ3v) is 5.22. The van der Waals surface area contributed by atoms with Gasteiger partial charge in [-0.25, -0.2) is 9.50 Å². The highest BCUT2D eigenvalue weighted by atomic mass is 32.1. The van der Waals surface area contributed by atoms with E-state index in [0.717, 1.165) is 40.1 Å². The Hall–Kier alpha value is -1.92. The fraction of sp³-hybridized carbons (Fsp3) is 0.444. The summed E-state index contributed by atoms with van der Waals surface area (Å²) in [5.74, 6) is 0.900. The molecule has 3 aromatic rings. The van der Waals surface area contributed by atoms with Crippen molar-refractivity contribution >= 4 is 16.3 Å². The van der Waals surface area contributed by atoms with Gasteiger partial charge in [-0.15, -0.1) is 0 Å². The van der Waals surface area contributed by atoms with E-state index in [4.69, 9.17) is 4.74 Å². The van der Waals surface area contributed by atoms with Gasteiger partial charge in [0.25, 0.3) is 0 Å². The number of methoxy groups -OCH3 is 1. The topological polar surface area (TPSA) is 42.7 Å². The van der Waals surface area contributed by atoms with Gasteiger partial charge in [0.15, 0.2) is 0 Å². The largest absolute Gasteiger partial charge is 0.497 e. The monoisotopic (exact) mass is 344 g/mol. The number of ether oxygens (including phenoxy) is 1. The van der Waals surface area contributed by atoms with Crippen LogP contribution in [0, 0.1) is 13.8 Å². The predicted octanol–water partition coefficient (Wildman–Crippen LogP) is 4.00. The van der Waals surface area contributed by atoms with Crippen LogP contribution in [0.1, 0.15) is 41.3 Å². The molecule has 6 heteroatoms. The fourth-order valence-corrected chi connectivity index (χ4v) is 3.97. The molecule has 0 aliphatic heterocycles. The molecule has 0 saturated carbocycles. The summed E-state index contributed by atoms with van der Waals surface area (Å²) < 4.78 is 7.36. The van der Waals surface area contributed by atoms with Crippen molar-refractivity contribution < 1.29 is 4.74 Å². The second kappa shape index (κ2) is 6.91. The Morgan fingerprint density at radius 1 is 1.33 bits per heavy atom. The van der Waals surface area contributed by atoms with E-state index in [1.807, 2.05) is 17.5 Å². The first kappa shape index (κ1) is 16.9. The van der Waals surface area contributed by atoms with E-state index in [-0.39, 0.29) is 0 Å². The van der Waals surface area contributed by atoms with E-state index in [1.54, 1.807) is 18.4 Å². The van der Waals surface area contributed by atoms with Crippen LogP contribution in [0.15, 0.2) is 24.3 Å². The average molecular weight is 344 g/mol. The molecule has 128 valence electrons. The maximum absolute atomic E-state index is 5.37. The summed E-state index contributed by atoms with van der Waals surface area (Å²) >= 11 is 1.64. The molecule has 0 saturated heterocycles. The minimum Gasteiger partial charge on any atom is -0.497 e. The van der Waals surface area contributed by atoms with E-state index in [1.165, 1.54) is 5.56 Å². The molecule has 1 aromatic carbocycles. The molecule has 24 heavy (non-hydrogen) atoms. The third kappa shape index (κ3) is 3.16. The number of imidazole rings is 1. The van der Waals surface area contributed by atoms with Crippen molar-refractivity contribution in [2.24, 2.45) is 0 Å². The lowest BCUT2D eigenvalue weighted by molar-refractivity contribution is 0.225. The third-order valence-electron chi connectivity index (χ3n) is 4.39. The van der Waals surface area contributed by atoms with Gasteiger partial charge in [0.1, 0.15) is 10.8 Å². The standard InChI is InChI=1S/C18H24N4OS/c1-6-16(14-8-7-9-15(10-14)23-5)21(4)11-17-12(2)19-18-22(17)20-13(3)24-18/h7-10,16H,6,11H2,1-5H3. The Balaban J connectivity index is 1.88. The number of hydrogen-bond acceptors (Lipinski definition) is 5. The number of hydrogen-bond donors (Lipinski definition) is 0. The predicted molar refractivity (Wildman–Crippen MR) is 97.8 cm³/mol. The number of nitrogens with zero attached hydrogens (tertiary/aromatic N) is 4. The summed E-state index contributed by atoms with van der Waals surface area (Å²) in [6.07, 6.45) is 1.03. The highest BCUT2D eigenvalue weighted by Gasteiger charge is 2.20. The number of aryl methyl sites for hydroxylation is 2. The van der Waals surface area contributed by atoms with Crippen LogP contribution >= 0.6 is 11.3 Å². The summed E-state index contributed by atoms with van der Waals surface area (Å²) in [5.41, 5.74) is 3.49. The van der Waals surface area contributed by atoms with Gasteiger partial charge < -0.3 is 4.74 Å². The summed E-state index contributed by atoms with van der Waals surface area (Å²) in [7, 11) is 3.87. The second-order valence-corrected chi connectivity index (χ2v) is 7.24. The van der Waals surface area contributed by atoms with E-state index < -0.39 is 0 Å². The number of rotatable bonds is 6. The highest BCUT2D eigenvalue weighted by Crippen LogP contribution is 2.28. The summed E-state index contributed by atoms with van der Waals surface area (Å²) in [6, 6.07) is 8.65. The van der Waals surface area contributed by atoms with Gasteiger partial charge >= 0.3 is 0 Å². The van der Waals surface area contributed by atoms with Gasteiger partial charge in [0.2, 0.25) is 4.96 Å². The molecular weight excluding hydrogens is 320 g/mol. The van der Waals surface area contributed by atoms with Gasteiger partial charge in [0, 0.05) is 12.6 Å². The van der Waals surface area contributed by atoms with Crippen molar-refractivity contribution in [2.45, 2.75) is 39.8 Å². The van der Waals surface area contributed by atoms with E-state index in [9.17, 15) is 0 Å². The molecule has 0 spiro atoms. The quantitative estimate of drug-likeness (QED) is 0.678. The maximum atomic E-state index is 5.37. The van der Waals surface area contributed by atoms with Crippen molar-refractivity contribution in [2.75, 3.05) is 14.2 Å². The van der Waals surface area contributed by atoms with Gasteiger partial charge in [-0.2, -0.15) is 5.10 Å². The zero-order chi connectivity index (χ0) is 17.3. The molecule has 0 radical (unpaired) electrons. The van der Waals surface area contributed by atoms with Crippen LogP contribution in [-0.2, 0) is 6.54 Å². The number of aromatic nitrogens is 3. The molecule has 1 unspecified atom stereocenters. The molecule has 0 N–H and O–H groups in total. The van der Waals surface area contributed by atoms with E-state index >= 15 is 0 Å². The molecule has 0 aliphatic carbocycles. The second-order valence-electron chi connectivity index (χ2n) is 6.08. The molecule has 1 atom stereocenters. The summed E-state index contributed by atoms with van der Waals surface area (Å²) in [5, 5.41) is 5.64. The first-order chi connectivity index (χ1) is 11.5. The first-order valence-corrected chi connectivity index (χ1v) is 9.01. The first-order valence-electron chi connectivity index (χ1n) is 8.19. The van der Waals surface area contributed by atoms with Crippen LogP contribution in [0.5, 0.6) is 5.75 Å². The zero-order valence-corrected chi connectivity index (χ0v) is 15.7. The summed E-state index contributed by atoms with van der Waals surface area (Å²) in [4.78, 5) is 7.98. The Labute approximate surface area is 146 Å². The van der Waals surface area contributed by atoms with Crippen molar-refractivity contribution in [3.63, 3.8) is 0 Å². The molecule has 2 heterocycles. The Bertz CT molecular complexity index is 839. The minimum atomic E-state index is 0.324. The van der Waals surface area contributed by atoms with Crippen LogP contribution < -0.4 is 4.74 Å². The molecule has 0 bridgehead atoms. The molecular formula is C18H24N4OS. The molecule has 5 nitrogen and oxygen atoms in total. The molecule has 0 fully saturated rings. The van der Waals surface area contributed by atoms with Gasteiger partial charge in [0.05, 0.1) is 18.5 Å². The van der Waals surface area contributed by atoms with E-state index in [0.29, 0.717) is 6.04 Å². The van der Waals surface area contributed by atoms with Crippen LogP contribution in [0.3, 0.4) is 0 Å². The average Bonchev–Trinajstić information content (AvgIpc) is 3.05. The highest BCUT2D eigenvalue weighted by molar-refractivity contribution is 7.16. The van der Waals surface area contributed by atoms with E-state index in [2.05, 4.69) is 54.1 Å².